The number of nitrogens with zero attached hydrogens (tertiary/aromatic N) is 2. The van der Waals surface area contributed by atoms with Crippen LogP contribution in [0.5, 0.6) is 0 Å². The molecule has 0 amide bonds. The second kappa shape index (κ2) is 7.17. The van der Waals surface area contributed by atoms with Gasteiger partial charge in [0.05, 0.1) is 23.7 Å². The topological polar surface area (TPSA) is 95.6 Å². The van der Waals surface area contributed by atoms with Crippen LogP contribution in [-0.4, -0.2) is 42.8 Å². The molecule has 6 rings (SSSR count). The van der Waals surface area contributed by atoms with Gasteiger partial charge in [0.15, 0.2) is 5.60 Å². The summed E-state index contributed by atoms with van der Waals surface area (Å²) in [4.78, 5) is 12.3. The Morgan fingerprint density at radius 1 is 1.20 bits per heavy atom. The molecule has 35 heavy (non-hydrogen) atoms. The van der Waals surface area contributed by atoms with Crippen molar-refractivity contribution < 1.29 is 20.1 Å². The fourth-order valence-corrected chi connectivity index (χ4v) is 8.63. The van der Waals surface area contributed by atoms with Crippen LogP contribution < -0.4 is 0 Å². The lowest BCUT2D eigenvalue weighted by molar-refractivity contribution is -0.194. The van der Waals surface area contributed by atoms with E-state index in [9.17, 15) is 20.1 Å². The van der Waals surface area contributed by atoms with E-state index in [1.54, 1.807) is 0 Å². The number of hydrogen-bond acceptors (Lipinski definition) is 4. The smallest absolute Gasteiger partial charge is 0.336 e. The molecule has 4 aliphatic carbocycles. The standard InChI is InChI=1S/C29H34N2O4/c1-16-10-20-22-11-17(2)29(35,26(33)34)28(22,4)14-24(32)25(20)27(3)13-18-15-30-31(23(18)12-21(16)27)19-8-6-5-7-9-19/h5-10,12,15,17,20,22,24-25,32,35H,11,13-14H2,1-4H3,(H,33,34)/t17-,20+,22+,24+,25-,27+,28+,29+/m1/s1. The molecule has 0 spiro atoms. The van der Waals surface area contributed by atoms with E-state index in [-0.39, 0.29) is 35.5 Å². The number of hydrogen-bond donors (Lipinski definition) is 3. The first kappa shape index (κ1) is 22.7. The highest BCUT2D eigenvalue weighted by Crippen LogP contribution is 2.68. The molecule has 6 heteroatoms. The van der Waals surface area contributed by atoms with Gasteiger partial charge in [0.1, 0.15) is 0 Å². The highest BCUT2D eigenvalue weighted by molar-refractivity contribution is 5.80. The summed E-state index contributed by atoms with van der Waals surface area (Å²) in [6.07, 6.45) is 7.45. The summed E-state index contributed by atoms with van der Waals surface area (Å²) in [6.45, 7) is 8.11. The van der Waals surface area contributed by atoms with Crippen molar-refractivity contribution in [1.29, 1.82) is 0 Å². The van der Waals surface area contributed by atoms with E-state index in [1.807, 2.05) is 42.9 Å². The fourth-order valence-electron chi connectivity index (χ4n) is 8.63. The zero-order valence-electron chi connectivity index (χ0n) is 20.8. The van der Waals surface area contributed by atoms with Crippen LogP contribution in [-0.2, 0) is 11.2 Å². The number of fused-ring (bicyclic) bond motifs is 6. The number of aliphatic carboxylic acids is 1. The summed E-state index contributed by atoms with van der Waals surface area (Å²) in [5.74, 6) is -1.59. The number of carboxylic acid groups (broad SMARTS) is 1. The summed E-state index contributed by atoms with van der Waals surface area (Å²) in [6, 6.07) is 10.1. The molecule has 184 valence electrons. The van der Waals surface area contributed by atoms with E-state index in [0.29, 0.717) is 6.42 Å². The third-order valence-electron chi connectivity index (χ3n) is 10.2. The fraction of sp³-hybridized carbons (Fsp3) is 0.517. The molecule has 1 heterocycles. The summed E-state index contributed by atoms with van der Waals surface area (Å²) in [5, 5.41) is 37.9. The molecule has 0 bridgehead atoms. The molecule has 6 nitrogen and oxygen atoms in total. The Hall–Kier alpha value is -2.70. The van der Waals surface area contributed by atoms with Crippen LogP contribution in [0.15, 0.2) is 53.8 Å². The summed E-state index contributed by atoms with van der Waals surface area (Å²) in [5.41, 5.74) is 2.65. The quantitative estimate of drug-likeness (QED) is 0.605. The van der Waals surface area contributed by atoms with Crippen LogP contribution in [0.2, 0.25) is 0 Å². The first-order chi connectivity index (χ1) is 16.5. The Bertz CT molecular complexity index is 1280. The van der Waals surface area contributed by atoms with E-state index in [1.165, 1.54) is 11.1 Å². The third-order valence-corrected chi connectivity index (χ3v) is 10.2. The van der Waals surface area contributed by atoms with Crippen LogP contribution in [0, 0.1) is 34.5 Å². The van der Waals surface area contributed by atoms with Gasteiger partial charge in [0.2, 0.25) is 0 Å². The van der Waals surface area contributed by atoms with Gasteiger partial charge in [-0.25, -0.2) is 9.48 Å². The molecule has 0 aliphatic heterocycles. The second-order valence-electron chi connectivity index (χ2n) is 11.9. The zero-order valence-corrected chi connectivity index (χ0v) is 20.8. The maximum atomic E-state index is 12.3. The zero-order chi connectivity index (χ0) is 24.9. The van der Waals surface area contributed by atoms with Crippen LogP contribution in [0.4, 0.5) is 0 Å². The van der Waals surface area contributed by atoms with Crippen molar-refractivity contribution in [1.82, 2.24) is 9.78 Å². The number of rotatable bonds is 2. The number of aliphatic hydroxyl groups is 2. The average Bonchev–Trinajstić information content (AvgIpc) is 3.30. The second-order valence-corrected chi connectivity index (χ2v) is 11.9. The van der Waals surface area contributed by atoms with E-state index < -0.39 is 23.1 Å². The molecule has 8 atom stereocenters. The molecule has 1 aromatic heterocycles. The van der Waals surface area contributed by atoms with Crippen molar-refractivity contribution in [2.24, 2.45) is 34.5 Å². The first-order valence-corrected chi connectivity index (χ1v) is 12.7. The van der Waals surface area contributed by atoms with E-state index >= 15 is 0 Å². The van der Waals surface area contributed by atoms with Gasteiger partial charge in [-0.05, 0) is 73.3 Å². The van der Waals surface area contributed by atoms with Crippen molar-refractivity contribution in [3.8, 4) is 5.69 Å². The van der Waals surface area contributed by atoms with E-state index in [0.717, 1.165) is 23.4 Å². The lowest BCUT2D eigenvalue weighted by Gasteiger charge is -2.59. The summed E-state index contributed by atoms with van der Waals surface area (Å²) < 4.78 is 1.99. The molecule has 1 aromatic carbocycles. The predicted octanol–water partition coefficient (Wildman–Crippen LogP) is 4.25. The number of allylic oxidation sites excluding steroid dienone is 3. The minimum Gasteiger partial charge on any atom is -0.479 e. The molecule has 0 radical (unpaired) electrons. The summed E-state index contributed by atoms with van der Waals surface area (Å²) in [7, 11) is 0. The number of benzene rings is 1. The van der Waals surface area contributed by atoms with Crippen LogP contribution in [0.1, 0.15) is 51.8 Å². The van der Waals surface area contributed by atoms with Crippen molar-refractivity contribution in [3.05, 3.63) is 65.0 Å². The van der Waals surface area contributed by atoms with Gasteiger partial charge in [-0.2, -0.15) is 5.10 Å². The van der Waals surface area contributed by atoms with E-state index in [2.05, 4.69) is 38.1 Å². The SMILES string of the molecule is CC1=C[C@@H]2[C@H]([C@@H](O)C[C@@]3(C)[C@H]2C[C@@H](C)[C@]3(O)C(=O)O)[C@@]2(C)Cc3cnn(-c4ccccc4)c3C=C12. The van der Waals surface area contributed by atoms with Gasteiger partial charge >= 0.3 is 5.97 Å². The van der Waals surface area contributed by atoms with Crippen LogP contribution >= 0.6 is 0 Å². The predicted molar refractivity (Wildman–Crippen MR) is 133 cm³/mol. The minimum absolute atomic E-state index is 0.00577. The molecule has 0 unspecified atom stereocenters. The number of aliphatic hydroxyl groups excluding tert-OH is 1. The summed E-state index contributed by atoms with van der Waals surface area (Å²) >= 11 is 0. The first-order valence-electron chi connectivity index (χ1n) is 12.7. The lowest BCUT2D eigenvalue weighted by atomic mass is 9.46. The van der Waals surface area contributed by atoms with Gasteiger partial charge in [0.25, 0.3) is 0 Å². The molecule has 3 N–H and O–H groups in total. The Morgan fingerprint density at radius 2 is 1.91 bits per heavy atom. The number of carboxylic acids is 1. The van der Waals surface area contributed by atoms with Gasteiger partial charge in [-0.15, -0.1) is 0 Å². The minimum atomic E-state index is -1.83. The number of aromatic nitrogens is 2. The number of para-hydroxylation sites is 1. The Kier molecular flexibility index (Phi) is 4.66. The van der Waals surface area contributed by atoms with Gasteiger partial charge in [-0.3, -0.25) is 0 Å². The number of carbonyl (C=O) groups is 1. The highest BCUT2D eigenvalue weighted by Gasteiger charge is 2.71. The largest absolute Gasteiger partial charge is 0.479 e. The molecule has 2 fully saturated rings. The van der Waals surface area contributed by atoms with Gasteiger partial charge in [0, 0.05) is 16.7 Å². The van der Waals surface area contributed by atoms with Crippen molar-refractivity contribution in [2.75, 3.05) is 0 Å². The molecule has 0 saturated heterocycles. The Balaban J connectivity index is 1.47. The normalized spacial score (nSPS) is 41.7. The highest BCUT2D eigenvalue weighted by atomic mass is 16.4. The maximum Gasteiger partial charge on any atom is 0.336 e. The van der Waals surface area contributed by atoms with E-state index in [4.69, 9.17) is 5.10 Å². The molecule has 2 aromatic rings. The molecular weight excluding hydrogens is 440 g/mol. The van der Waals surface area contributed by atoms with Crippen molar-refractivity contribution >= 4 is 12.0 Å². The monoisotopic (exact) mass is 474 g/mol. The van der Waals surface area contributed by atoms with Gasteiger partial charge < -0.3 is 15.3 Å². The van der Waals surface area contributed by atoms with Crippen LogP contribution in [0.25, 0.3) is 11.8 Å². The van der Waals surface area contributed by atoms with Crippen molar-refractivity contribution in [2.45, 2.75) is 58.7 Å². The average molecular weight is 475 g/mol. The molecule has 4 aliphatic rings. The third kappa shape index (κ3) is 2.73. The molecule has 2 saturated carbocycles. The Labute approximate surface area is 206 Å². The lowest BCUT2D eigenvalue weighted by Crippen LogP contribution is -2.62. The molecular formula is C29H34N2O4. The Morgan fingerprint density at radius 3 is 2.60 bits per heavy atom. The van der Waals surface area contributed by atoms with Crippen LogP contribution in [0.3, 0.4) is 0 Å². The van der Waals surface area contributed by atoms with Gasteiger partial charge in [-0.1, -0.05) is 50.6 Å². The maximum absolute atomic E-state index is 12.3. The van der Waals surface area contributed by atoms with Crippen molar-refractivity contribution in [3.63, 3.8) is 0 Å².